The summed E-state index contributed by atoms with van der Waals surface area (Å²) in [4.78, 5) is 87.6. The van der Waals surface area contributed by atoms with Crippen LogP contribution < -0.4 is 11.1 Å². The van der Waals surface area contributed by atoms with Gasteiger partial charge in [0.05, 0.1) is 142 Å². The van der Waals surface area contributed by atoms with Crippen LogP contribution in [0.25, 0.3) is 0 Å². The standard InChI is InChI=1S/C16H32N2O3.2C14H27NO3.C13H25NO3.2C13H25NO2.C12H24N2O2.C12H25NO/c1-15(2,3)20-12-11-18-9-7-13(8-10-18)17-14(19)21-16(4,5)6;1-5-17-13(16)12-6-8-15(9-7-12)10-11-18-14(2,3)4;1-5-17-13(16)12-7-6-8-15(11-12)9-10-18-14(2,3)4;1-12(2,3)15-9-8-14-6-4-13(5-7-14)16-10-11-17-13;2*1-11(15)12-5-7-14(8-6-12)9-10-16-13(2,3)4;1-12(2,3)16-8-7-14-6-4-5-10(9-14)11(13)15;1-11-6-5-7-13(10-11)8-9-14-12(2,3)4/h13H,7-12H2,1-6H3,(H,17,19);2*12H,5-11H2,1-4H3;4-11H2,1-3H3;2*12H,5-10H2,1-4H3;10H,4-9H2,1-3H3,(H2,13,15);11H,5-10H2,1-4H3. The van der Waals surface area contributed by atoms with E-state index in [2.05, 4.69) is 218 Å². The van der Waals surface area contributed by atoms with Crippen molar-refractivity contribution >= 4 is 35.5 Å². The first-order valence-corrected chi connectivity index (χ1v) is 52.8. The molecule has 29 heteroatoms. The molecule has 0 aromatic rings. The second-order valence-electron chi connectivity index (χ2n) is 47.7. The number of likely N-dealkylation sites (tertiary alicyclic amines) is 8. The molecule has 3 unspecified atom stereocenters. The molecule has 3 atom stereocenters. The Balaban J connectivity index is 0.000000527. The highest BCUT2D eigenvalue weighted by atomic mass is 16.7. The van der Waals surface area contributed by atoms with Crippen LogP contribution in [0.2, 0.25) is 0 Å². The lowest BCUT2D eigenvalue weighted by molar-refractivity contribution is -0.186. The lowest BCUT2D eigenvalue weighted by atomic mass is 9.93. The second-order valence-corrected chi connectivity index (χ2v) is 47.7. The van der Waals surface area contributed by atoms with Gasteiger partial charge in [-0.05, 0) is 369 Å². The van der Waals surface area contributed by atoms with Gasteiger partial charge < -0.3 is 112 Å². The van der Waals surface area contributed by atoms with Gasteiger partial charge >= 0.3 is 18.0 Å². The average molecular weight is 1940 g/mol. The summed E-state index contributed by atoms with van der Waals surface area (Å²) in [5.74, 6) is 1.89. The number of nitrogens with zero attached hydrogens (tertiary/aromatic N) is 8. The Kier molecular flexibility index (Phi) is 61.3. The van der Waals surface area contributed by atoms with Crippen LogP contribution in [-0.4, -0.2) is 373 Å². The first-order chi connectivity index (χ1) is 63.0. The fourth-order valence-electron chi connectivity index (χ4n) is 17.0. The molecule has 29 nitrogen and oxygen atoms in total. The van der Waals surface area contributed by atoms with Gasteiger partial charge in [0.1, 0.15) is 17.2 Å². The van der Waals surface area contributed by atoms with Crippen molar-refractivity contribution in [2.45, 2.75) is 387 Å². The number of primary amides is 1. The minimum Gasteiger partial charge on any atom is -0.466 e. The van der Waals surface area contributed by atoms with E-state index in [0.29, 0.717) is 36.6 Å². The normalized spacial score (nSPS) is 21.5. The van der Waals surface area contributed by atoms with E-state index in [9.17, 15) is 28.8 Å². The van der Waals surface area contributed by atoms with E-state index in [0.717, 1.165) is 306 Å². The highest BCUT2D eigenvalue weighted by Gasteiger charge is 2.40. The van der Waals surface area contributed by atoms with Crippen LogP contribution in [0.5, 0.6) is 0 Å². The molecule has 0 aliphatic carbocycles. The van der Waals surface area contributed by atoms with Gasteiger partial charge in [-0.25, -0.2) is 4.79 Å². The zero-order valence-corrected chi connectivity index (χ0v) is 93.2. The Morgan fingerprint density at radius 2 is 0.574 bits per heavy atom. The van der Waals surface area contributed by atoms with Gasteiger partial charge in [0.15, 0.2) is 5.79 Å². The molecule has 9 fully saturated rings. The summed E-state index contributed by atoms with van der Waals surface area (Å²) in [6.45, 7) is 97.9. The third-order valence-electron chi connectivity index (χ3n) is 24.6. The molecule has 9 saturated heterocycles. The monoisotopic (exact) mass is 1940 g/mol. The van der Waals surface area contributed by atoms with Gasteiger partial charge in [-0.15, -0.1) is 0 Å². The number of nitrogens with two attached hydrogens (primary N) is 1. The van der Waals surface area contributed by atoms with Crippen LogP contribution >= 0.6 is 0 Å². The molecule has 0 aromatic carbocycles. The molecule has 802 valence electrons. The number of rotatable bonds is 32. The maximum absolute atomic E-state index is 11.7. The van der Waals surface area contributed by atoms with E-state index in [-0.39, 0.29) is 98.3 Å². The Hall–Kier alpha value is -3.70. The number of ketones is 2. The number of hydrogen-bond acceptors (Lipinski definition) is 27. The Morgan fingerprint density at radius 1 is 0.316 bits per heavy atom. The van der Waals surface area contributed by atoms with Crippen molar-refractivity contribution in [3.63, 3.8) is 0 Å². The number of carbonyl (C=O) groups is 6. The second kappa shape index (κ2) is 64.9. The summed E-state index contributed by atoms with van der Waals surface area (Å²) in [6, 6.07) is 0.222. The van der Waals surface area contributed by atoms with Gasteiger partial charge in [0.25, 0.3) is 0 Å². The van der Waals surface area contributed by atoms with Gasteiger partial charge in [-0.2, -0.15) is 0 Å². The number of piperidine rings is 8. The van der Waals surface area contributed by atoms with E-state index >= 15 is 0 Å². The first-order valence-electron chi connectivity index (χ1n) is 52.8. The van der Waals surface area contributed by atoms with Crippen LogP contribution in [0, 0.1) is 35.5 Å². The van der Waals surface area contributed by atoms with Crippen LogP contribution in [-0.2, 0) is 85.6 Å². The van der Waals surface area contributed by atoms with Crippen molar-refractivity contribution in [2.75, 3.05) is 236 Å². The summed E-state index contributed by atoms with van der Waals surface area (Å²) < 4.78 is 72.6. The average Bonchev–Trinajstić information content (AvgIpc) is 1.67. The van der Waals surface area contributed by atoms with Crippen molar-refractivity contribution in [1.82, 2.24) is 44.5 Å². The summed E-state index contributed by atoms with van der Waals surface area (Å²) in [7, 11) is 0. The third kappa shape index (κ3) is 68.5. The number of alkyl carbamates (subject to hydrolysis) is 1. The topological polar surface area (TPSA) is 286 Å². The molecular formula is C107H210N10O19. The molecule has 9 aliphatic heterocycles. The molecule has 0 bridgehead atoms. The molecule has 9 rings (SSSR count). The maximum atomic E-state index is 11.7. The lowest BCUT2D eigenvalue weighted by Crippen LogP contribution is -2.46. The number of esters is 2. The largest absolute Gasteiger partial charge is 0.466 e. The van der Waals surface area contributed by atoms with E-state index in [1.807, 2.05) is 34.6 Å². The smallest absolute Gasteiger partial charge is 0.407 e. The summed E-state index contributed by atoms with van der Waals surface area (Å²) in [6.07, 6.45) is 16.3. The number of ether oxygens (including phenoxy) is 13. The number of Topliss-reactive ketones (excluding diaryl/α,β-unsaturated/α-hetero) is 2. The number of carbonyl (C=O) groups excluding carboxylic acids is 6. The molecule has 3 N–H and O–H groups in total. The number of hydrogen-bond donors (Lipinski definition) is 2. The Labute approximate surface area is 830 Å². The molecule has 1 spiro atoms. The van der Waals surface area contributed by atoms with Crippen LogP contribution in [0.15, 0.2) is 0 Å². The van der Waals surface area contributed by atoms with Crippen LogP contribution in [0.4, 0.5) is 4.79 Å². The molecule has 2 amide bonds. The fraction of sp³-hybridized carbons (Fsp3) is 0.944. The zero-order chi connectivity index (χ0) is 103. The van der Waals surface area contributed by atoms with Gasteiger partial charge in [0, 0.05) is 129 Å². The Bertz CT molecular complexity index is 3100. The quantitative estimate of drug-likeness (QED) is 0.0467. The minimum absolute atomic E-state index is 0.0153. The molecule has 9 heterocycles. The molecule has 0 aromatic heterocycles. The molecular weight excluding hydrogens is 1730 g/mol. The van der Waals surface area contributed by atoms with Gasteiger partial charge in [-0.3, -0.25) is 24.0 Å². The summed E-state index contributed by atoms with van der Waals surface area (Å²) in [5, 5.41) is 2.96. The minimum atomic E-state index is -0.435. The predicted molar refractivity (Wildman–Crippen MR) is 549 cm³/mol. The highest BCUT2D eigenvalue weighted by molar-refractivity contribution is 5.79. The summed E-state index contributed by atoms with van der Waals surface area (Å²) in [5.41, 5.74) is 4.48. The SMILES string of the molecule is CC(=O)C1CCN(CCOC(C)(C)C)CC1.CC(=O)C1CCN(CCOC(C)(C)C)CC1.CC(C)(C)OCCN1CCC(NC(=O)OC(C)(C)C)CC1.CC(C)(C)OCCN1CCC2(CC1)OCCO2.CC(C)(C)OCCN1CCCC(C(N)=O)C1.CC1CCCN(CCOC(C)(C)C)C1.CCOC(=O)C1CCCN(CCOC(C)(C)C)C1.CCOC(=O)C1CCN(CCOC(C)(C)C)CC1. The van der Waals surface area contributed by atoms with E-state index in [1.54, 1.807) is 13.8 Å². The van der Waals surface area contributed by atoms with Crippen molar-refractivity contribution in [3.05, 3.63) is 0 Å². The Morgan fingerprint density at radius 3 is 0.853 bits per heavy atom. The van der Waals surface area contributed by atoms with Crippen molar-refractivity contribution in [2.24, 2.45) is 41.2 Å². The molecule has 9 aliphatic rings. The number of nitrogens with one attached hydrogen (secondary N) is 1. The first kappa shape index (κ1) is 128. The van der Waals surface area contributed by atoms with Crippen molar-refractivity contribution < 1.29 is 90.3 Å². The van der Waals surface area contributed by atoms with Gasteiger partial charge in [-0.1, -0.05) is 6.92 Å². The zero-order valence-electron chi connectivity index (χ0n) is 93.2. The van der Waals surface area contributed by atoms with Crippen LogP contribution in [0.1, 0.15) is 324 Å². The molecule has 136 heavy (non-hydrogen) atoms. The number of amides is 2. The molecule has 0 radical (unpaired) electrons. The van der Waals surface area contributed by atoms with Crippen molar-refractivity contribution in [1.29, 1.82) is 0 Å². The van der Waals surface area contributed by atoms with Gasteiger partial charge in [0.2, 0.25) is 5.91 Å². The van der Waals surface area contributed by atoms with E-state index in [4.69, 9.17) is 67.3 Å². The molecule has 0 saturated carbocycles. The predicted octanol–water partition coefficient (Wildman–Crippen LogP) is 16.3. The van der Waals surface area contributed by atoms with E-state index < -0.39 is 5.60 Å². The fourth-order valence-corrected chi connectivity index (χ4v) is 17.0. The summed E-state index contributed by atoms with van der Waals surface area (Å²) >= 11 is 0. The van der Waals surface area contributed by atoms with Crippen LogP contribution in [0.3, 0.4) is 0 Å². The lowest BCUT2D eigenvalue weighted by Gasteiger charge is -2.37. The van der Waals surface area contributed by atoms with E-state index in [1.165, 1.54) is 25.9 Å². The van der Waals surface area contributed by atoms with Crippen molar-refractivity contribution in [3.8, 4) is 0 Å². The highest BCUT2D eigenvalue weighted by Crippen LogP contribution is 2.32. The third-order valence-corrected chi connectivity index (χ3v) is 24.6. The maximum Gasteiger partial charge on any atom is 0.407 e.